The third-order valence-corrected chi connectivity index (χ3v) is 6.62. The normalized spacial score (nSPS) is 12.3. The zero-order valence-corrected chi connectivity index (χ0v) is 21.2. The highest BCUT2D eigenvalue weighted by molar-refractivity contribution is 7.92. The molecule has 1 N–H and O–H groups in total. The number of nitrogens with one attached hydrogen (secondary N) is 1. The topological polar surface area (TPSA) is 86.8 Å². The van der Waals surface area contributed by atoms with Gasteiger partial charge in [0.2, 0.25) is 21.8 Å². The summed E-state index contributed by atoms with van der Waals surface area (Å²) in [4.78, 5) is 27.5. The molecule has 0 heterocycles. The third kappa shape index (κ3) is 7.28. The zero-order chi connectivity index (χ0) is 25.5. The highest BCUT2D eigenvalue weighted by Gasteiger charge is 2.31. The van der Waals surface area contributed by atoms with Gasteiger partial charge in [0.15, 0.2) is 0 Å². The lowest BCUT2D eigenvalue weighted by Gasteiger charge is -2.32. The number of halogens is 1. The van der Waals surface area contributed by atoms with E-state index >= 15 is 0 Å². The Labute approximate surface area is 202 Å². The molecule has 0 aliphatic carbocycles. The first-order valence-corrected chi connectivity index (χ1v) is 13.2. The fourth-order valence-corrected chi connectivity index (χ4v) is 4.43. The number of rotatable bonds is 11. The van der Waals surface area contributed by atoms with Crippen molar-refractivity contribution in [1.82, 2.24) is 10.2 Å². The summed E-state index contributed by atoms with van der Waals surface area (Å²) in [6.45, 7) is 7.43. The van der Waals surface area contributed by atoms with Gasteiger partial charge in [-0.3, -0.25) is 13.9 Å². The van der Waals surface area contributed by atoms with Gasteiger partial charge in [-0.15, -0.1) is 0 Å². The van der Waals surface area contributed by atoms with E-state index in [0.717, 1.165) is 22.5 Å². The predicted octanol–water partition coefficient (Wildman–Crippen LogP) is 3.66. The predicted molar refractivity (Wildman–Crippen MR) is 132 cm³/mol. The largest absolute Gasteiger partial charge is 0.354 e. The van der Waals surface area contributed by atoms with E-state index in [0.29, 0.717) is 17.8 Å². The number of carbonyl (C=O) groups is 2. The molecule has 0 aliphatic rings. The van der Waals surface area contributed by atoms with E-state index in [2.05, 4.69) is 5.32 Å². The molecular weight excluding hydrogens is 457 g/mol. The van der Waals surface area contributed by atoms with Gasteiger partial charge in [0.1, 0.15) is 18.4 Å². The molecule has 34 heavy (non-hydrogen) atoms. The van der Waals surface area contributed by atoms with Crippen LogP contribution < -0.4 is 9.62 Å². The minimum atomic E-state index is -3.81. The molecular formula is C25H34FN3O4S. The second-order valence-electron chi connectivity index (χ2n) is 8.60. The molecule has 0 bridgehead atoms. The van der Waals surface area contributed by atoms with E-state index < -0.39 is 34.3 Å². The van der Waals surface area contributed by atoms with Crippen molar-refractivity contribution in [3.8, 4) is 0 Å². The molecule has 0 spiro atoms. The standard InChI is InChI=1S/C25H34FN3O4S/c1-6-15-27-25(31)19(4)28(16-20-11-13-21(26)14-12-20)24(30)17-29(34(5,32)33)23-10-8-7-9-22(23)18(2)3/h7-14,18-19H,6,15-17H2,1-5H3,(H,27,31). The van der Waals surface area contributed by atoms with Crippen LogP contribution in [-0.2, 0) is 26.2 Å². The summed E-state index contributed by atoms with van der Waals surface area (Å²) in [6.07, 6.45) is 1.79. The van der Waals surface area contributed by atoms with E-state index in [1.165, 1.54) is 29.2 Å². The smallest absolute Gasteiger partial charge is 0.244 e. The minimum Gasteiger partial charge on any atom is -0.354 e. The summed E-state index contributed by atoms with van der Waals surface area (Å²) in [6, 6.07) is 11.8. The van der Waals surface area contributed by atoms with Crippen LogP contribution in [0.2, 0.25) is 0 Å². The van der Waals surface area contributed by atoms with E-state index in [1.807, 2.05) is 32.9 Å². The van der Waals surface area contributed by atoms with Crippen molar-refractivity contribution in [2.45, 2.75) is 52.6 Å². The average molecular weight is 492 g/mol. The van der Waals surface area contributed by atoms with Crippen molar-refractivity contribution < 1.29 is 22.4 Å². The van der Waals surface area contributed by atoms with Crippen LogP contribution >= 0.6 is 0 Å². The number of hydrogen-bond donors (Lipinski definition) is 1. The van der Waals surface area contributed by atoms with E-state index in [4.69, 9.17) is 0 Å². The highest BCUT2D eigenvalue weighted by atomic mass is 32.2. The molecule has 0 radical (unpaired) electrons. The van der Waals surface area contributed by atoms with Crippen LogP contribution in [0, 0.1) is 5.82 Å². The monoisotopic (exact) mass is 491 g/mol. The van der Waals surface area contributed by atoms with Gasteiger partial charge in [-0.1, -0.05) is 51.1 Å². The van der Waals surface area contributed by atoms with E-state index in [9.17, 15) is 22.4 Å². The summed E-state index contributed by atoms with van der Waals surface area (Å²) in [5, 5.41) is 2.78. The van der Waals surface area contributed by atoms with Crippen molar-refractivity contribution >= 4 is 27.5 Å². The Balaban J connectivity index is 2.43. The van der Waals surface area contributed by atoms with Crippen LogP contribution in [0.1, 0.15) is 51.2 Å². The lowest BCUT2D eigenvalue weighted by molar-refractivity contribution is -0.139. The molecule has 186 valence electrons. The Hall–Kier alpha value is -2.94. The van der Waals surface area contributed by atoms with Gasteiger partial charge in [-0.2, -0.15) is 0 Å². The summed E-state index contributed by atoms with van der Waals surface area (Å²) in [5.74, 6) is -1.26. The van der Waals surface area contributed by atoms with Gasteiger partial charge in [0.25, 0.3) is 0 Å². The lowest BCUT2D eigenvalue weighted by Crippen LogP contribution is -2.51. The second-order valence-corrected chi connectivity index (χ2v) is 10.5. The van der Waals surface area contributed by atoms with Gasteiger partial charge < -0.3 is 10.2 Å². The van der Waals surface area contributed by atoms with Gasteiger partial charge in [0.05, 0.1) is 11.9 Å². The molecule has 2 amide bonds. The fraction of sp³-hybridized carbons (Fsp3) is 0.440. The van der Waals surface area contributed by atoms with Crippen molar-refractivity contribution in [2.75, 3.05) is 23.7 Å². The Kier molecular flexibility index (Phi) is 9.61. The number of hydrogen-bond acceptors (Lipinski definition) is 4. The summed E-state index contributed by atoms with van der Waals surface area (Å²) in [7, 11) is -3.81. The SMILES string of the molecule is CCCNC(=O)C(C)N(Cc1ccc(F)cc1)C(=O)CN(c1ccccc1C(C)C)S(C)(=O)=O. The molecule has 2 aromatic rings. The molecule has 1 unspecified atom stereocenters. The first-order valence-electron chi connectivity index (χ1n) is 11.3. The molecule has 0 saturated carbocycles. The van der Waals surface area contributed by atoms with E-state index in [1.54, 1.807) is 19.1 Å². The minimum absolute atomic E-state index is 0.0310. The van der Waals surface area contributed by atoms with Crippen molar-refractivity contribution in [2.24, 2.45) is 0 Å². The Morgan fingerprint density at radius 2 is 1.65 bits per heavy atom. The first kappa shape index (κ1) is 27.3. The zero-order valence-electron chi connectivity index (χ0n) is 20.4. The summed E-state index contributed by atoms with van der Waals surface area (Å²) in [5.41, 5.74) is 1.84. The molecule has 7 nitrogen and oxygen atoms in total. The molecule has 0 saturated heterocycles. The van der Waals surface area contributed by atoms with Crippen molar-refractivity contribution in [1.29, 1.82) is 0 Å². The van der Waals surface area contributed by atoms with Crippen LogP contribution in [0.3, 0.4) is 0 Å². The number of nitrogens with zero attached hydrogens (tertiary/aromatic N) is 2. The van der Waals surface area contributed by atoms with Gasteiger partial charge in [-0.25, -0.2) is 12.8 Å². The number of carbonyl (C=O) groups excluding carboxylic acids is 2. The van der Waals surface area contributed by atoms with Crippen molar-refractivity contribution in [3.05, 3.63) is 65.5 Å². The number of amides is 2. The Morgan fingerprint density at radius 3 is 2.21 bits per heavy atom. The molecule has 1 atom stereocenters. The maximum Gasteiger partial charge on any atom is 0.244 e. The summed E-state index contributed by atoms with van der Waals surface area (Å²) >= 11 is 0. The van der Waals surface area contributed by atoms with Gasteiger partial charge in [0, 0.05) is 13.1 Å². The number of anilines is 1. The van der Waals surface area contributed by atoms with Crippen LogP contribution in [0.15, 0.2) is 48.5 Å². The quantitative estimate of drug-likeness (QED) is 0.520. The van der Waals surface area contributed by atoms with Crippen LogP contribution in [0.25, 0.3) is 0 Å². The van der Waals surface area contributed by atoms with Crippen LogP contribution in [0.4, 0.5) is 10.1 Å². The molecule has 9 heteroatoms. The Morgan fingerprint density at radius 1 is 1.03 bits per heavy atom. The molecule has 0 aliphatic heterocycles. The maximum atomic E-state index is 13.5. The highest BCUT2D eigenvalue weighted by Crippen LogP contribution is 2.29. The lowest BCUT2D eigenvalue weighted by atomic mass is 10.0. The molecule has 2 rings (SSSR count). The molecule has 2 aromatic carbocycles. The number of sulfonamides is 1. The number of benzene rings is 2. The van der Waals surface area contributed by atoms with Crippen LogP contribution in [-0.4, -0.2) is 50.5 Å². The first-order chi connectivity index (χ1) is 16.0. The molecule has 0 aromatic heterocycles. The average Bonchev–Trinajstić information content (AvgIpc) is 2.79. The van der Waals surface area contributed by atoms with Crippen LogP contribution in [0.5, 0.6) is 0 Å². The van der Waals surface area contributed by atoms with Gasteiger partial charge in [-0.05, 0) is 48.6 Å². The Bertz CT molecular complexity index is 1090. The maximum absolute atomic E-state index is 13.5. The molecule has 0 fully saturated rings. The second kappa shape index (κ2) is 12.0. The summed E-state index contributed by atoms with van der Waals surface area (Å²) < 4.78 is 39.9. The third-order valence-electron chi connectivity index (χ3n) is 5.49. The van der Waals surface area contributed by atoms with E-state index in [-0.39, 0.29) is 18.4 Å². The number of para-hydroxylation sites is 1. The van der Waals surface area contributed by atoms with Crippen molar-refractivity contribution in [3.63, 3.8) is 0 Å². The van der Waals surface area contributed by atoms with Gasteiger partial charge >= 0.3 is 0 Å². The fourth-order valence-electron chi connectivity index (χ4n) is 3.56.